The molecule has 5 rings (SSSR count). The summed E-state index contributed by atoms with van der Waals surface area (Å²) in [6.07, 6.45) is 4.38. The molecule has 0 radical (unpaired) electrons. The average Bonchev–Trinajstić information content (AvgIpc) is 2.97. The Hall–Kier alpha value is -1.98. The molecule has 1 aliphatic heterocycles. The van der Waals surface area contributed by atoms with Gasteiger partial charge < -0.3 is 4.55 Å². The van der Waals surface area contributed by atoms with Crippen molar-refractivity contribution < 1.29 is 4.55 Å². The number of anilines is 1. The molecule has 0 saturated carbocycles. The van der Waals surface area contributed by atoms with Gasteiger partial charge in [-0.2, -0.15) is 4.72 Å². The summed E-state index contributed by atoms with van der Waals surface area (Å²) < 4.78 is 18.4. The molecule has 1 N–H and O–H groups in total. The van der Waals surface area contributed by atoms with Gasteiger partial charge in [0, 0.05) is 17.5 Å². The number of rotatable bonds is 4. The third kappa shape index (κ3) is 4.49. The lowest BCUT2D eigenvalue weighted by atomic mass is 9.76. The van der Waals surface area contributed by atoms with Crippen molar-refractivity contribution in [2.24, 2.45) is 5.92 Å². The van der Waals surface area contributed by atoms with Gasteiger partial charge in [0.2, 0.25) is 0 Å². The zero-order chi connectivity index (χ0) is 21.2. The summed E-state index contributed by atoms with van der Waals surface area (Å²) in [5, 5.41) is 0.681. The van der Waals surface area contributed by atoms with Gasteiger partial charge in [-0.1, -0.05) is 60.1 Å². The lowest BCUT2D eigenvalue weighted by Gasteiger charge is -2.37. The number of nitrogens with one attached hydrogen (secondary N) is 1. The normalized spacial score (nSPS) is 20.4. The molecule has 0 aromatic heterocycles. The third-order valence-electron chi connectivity index (χ3n) is 6.62. The summed E-state index contributed by atoms with van der Waals surface area (Å²) in [5.41, 5.74) is 6.66. The van der Waals surface area contributed by atoms with Gasteiger partial charge in [0.15, 0.2) is 11.5 Å². The number of hydrogen-bond acceptors (Lipinski definition) is 3. The van der Waals surface area contributed by atoms with Crippen molar-refractivity contribution in [2.75, 3.05) is 17.8 Å². The van der Waals surface area contributed by atoms with Gasteiger partial charge in [0.25, 0.3) is 0 Å². The van der Waals surface area contributed by atoms with Crippen molar-refractivity contribution in [3.05, 3.63) is 100 Å². The summed E-state index contributed by atoms with van der Waals surface area (Å²) >= 11 is 4.71. The molecule has 2 atom stereocenters. The van der Waals surface area contributed by atoms with Crippen LogP contribution in [0.15, 0.2) is 72.8 Å². The molecule has 1 aliphatic carbocycles. The van der Waals surface area contributed by atoms with Crippen LogP contribution in [0.4, 0.5) is 5.69 Å². The van der Waals surface area contributed by atoms with E-state index in [2.05, 4.69) is 57.6 Å². The third-order valence-corrected chi connectivity index (χ3v) is 8.08. The van der Waals surface area contributed by atoms with Crippen molar-refractivity contribution in [1.82, 2.24) is 4.31 Å². The van der Waals surface area contributed by atoms with Crippen LogP contribution in [0.3, 0.4) is 0 Å². The highest BCUT2D eigenvalue weighted by atomic mass is 35.5. The molecule has 31 heavy (non-hydrogen) atoms. The number of benzene rings is 3. The molecule has 160 valence electrons. The molecule has 0 amide bonds. The summed E-state index contributed by atoms with van der Waals surface area (Å²) in [6.45, 7) is 1.67. The van der Waals surface area contributed by atoms with Gasteiger partial charge in [-0.25, -0.2) is 0 Å². The number of piperidine rings is 1. The number of nitrogens with zero attached hydrogens (tertiary/aromatic N) is 1. The highest BCUT2D eigenvalue weighted by molar-refractivity contribution is 7.90. The quantitative estimate of drug-likeness (QED) is 0.497. The predicted octanol–water partition coefficient (Wildman–Crippen LogP) is 5.97. The first-order chi connectivity index (χ1) is 15.2. The Morgan fingerprint density at radius 1 is 0.871 bits per heavy atom. The summed E-state index contributed by atoms with van der Waals surface area (Å²) in [6, 6.07) is 25.2. The highest BCUT2D eigenvalue weighted by Crippen LogP contribution is 2.42. The fraction of sp³-hybridized carbons (Fsp3) is 0.308. The maximum Gasteiger partial charge on any atom is 0.166 e. The van der Waals surface area contributed by atoms with Crippen molar-refractivity contribution >= 4 is 28.8 Å². The number of fused-ring (bicyclic) bond motifs is 2. The van der Waals surface area contributed by atoms with Crippen LogP contribution in [-0.4, -0.2) is 21.9 Å². The molecule has 3 aromatic carbocycles. The van der Waals surface area contributed by atoms with Crippen molar-refractivity contribution in [1.29, 1.82) is 0 Å². The maximum atomic E-state index is 13.1. The van der Waals surface area contributed by atoms with E-state index in [0.29, 0.717) is 16.9 Å². The van der Waals surface area contributed by atoms with Gasteiger partial charge in [-0.3, -0.25) is 0 Å². The van der Waals surface area contributed by atoms with E-state index in [0.717, 1.165) is 44.5 Å². The second-order valence-corrected chi connectivity index (χ2v) is 10.2. The Bertz CT molecular complexity index is 994. The second-order valence-electron chi connectivity index (χ2n) is 8.52. The summed E-state index contributed by atoms with van der Waals surface area (Å²) in [5.74, 6) is 0.787. The van der Waals surface area contributed by atoms with Crippen molar-refractivity contribution in [3.8, 4) is 0 Å². The minimum Gasteiger partial charge on any atom is -0.573 e. The molecule has 1 saturated heterocycles. The standard InChI is InChI=1S/C26H27ClN2OS/c27-22-13-15-23(16-14-22)28-31(30)29-17-5-8-21(18-29)26-24-9-3-1-6-19(24)11-12-20-7-2-4-10-25(20)26/h1-4,6-7,9-10,13-16,21,26,28H,5,8,11-12,17-18H2. The van der Waals surface area contributed by atoms with Gasteiger partial charge in [0.05, 0.1) is 12.2 Å². The zero-order valence-corrected chi connectivity index (χ0v) is 19.0. The maximum absolute atomic E-state index is 13.1. The molecule has 3 nitrogen and oxygen atoms in total. The fourth-order valence-electron chi connectivity index (χ4n) is 5.16. The van der Waals surface area contributed by atoms with E-state index in [4.69, 9.17) is 11.6 Å². The van der Waals surface area contributed by atoms with Gasteiger partial charge in [-0.15, -0.1) is 4.31 Å². The molecule has 5 heteroatoms. The van der Waals surface area contributed by atoms with Gasteiger partial charge in [-0.05, 0) is 78.1 Å². The molecular weight excluding hydrogens is 424 g/mol. The lowest BCUT2D eigenvalue weighted by molar-refractivity contribution is 0.249. The van der Waals surface area contributed by atoms with E-state index < -0.39 is 11.5 Å². The predicted molar refractivity (Wildman–Crippen MR) is 130 cm³/mol. The number of hydrogen-bond donors (Lipinski definition) is 1. The Labute approximate surface area is 192 Å². The monoisotopic (exact) mass is 450 g/mol. The zero-order valence-electron chi connectivity index (χ0n) is 17.5. The van der Waals surface area contributed by atoms with Gasteiger partial charge >= 0.3 is 0 Å². The Balaban J connectivity index is 1.41. The number of aryl methyl sites for hydroxylation is 2. The van der Waals surface area contributed by atoms with E-state index in [1.807, 2.05) is 24.3 Å². The molecule has 3 aromatic rings. The first kappa shape index (κ1) is 20.9. The summed E-state index contributed by atoms with van der Waals surface area (Å²) in [4.78, 5) is 0. The van der Waals surface area contributed by atoms with Crippen molar-refractivity contribution in [3.63, 3.8) is 0 Å². The molecule has 2 unspecified atom stereocenters. The van der Waals surface area contributed by atoms with E-state index in [1.165, 1.54) is 22.3 Å². The van der Waals surface area contributed by atoms with E-state index in [-0.39, 0.29) is 0 Å². The van der Waals surface area contributed by atoms with Crippen LogP contribution in [-0.2, 0) is 24.4 Å². The first-order valence-electron chi connectivity index (χ1n) is 11.0. The molecule has 2 aliphatic rings. The molecule has 0 spiro atoms. The Morgan fingerprint density at radius 3 is 2.13 bits per heavy atom. The van der Waals surface area contributed by atoms with E-state index >= 15 is 0 Å². The smallest absolute Gasteiger partial charge is 0.166 e. The minimum atomic E-state index is -1.27. The van der Waals surface area contributed by atoms with Crippen LogP contribution in [0.1, 0.15) is 41.0 Å². The average molecular weight is 451 g/mol. The van der Waals surface area contributed by atoms with Crippen LogP contribution >= 0.6 is 11.6 Å². The number of halogens is 1. The highest BCUT2D eigenvalue weighted by Gasteiger charge is 2.36. The van der Waals surface area contributed by atoms with Gasteiger partial charge in [0.1, 0.15) is 0 Å². The second kappa shape index (κ2) is 9.25. The molecule has 1 fully saturated rings. The van der Waals surface area contributed by atoms with Crippen LogP contribution in [0, 0.1) is 5.92 Å². The Kier molecular flexibility index (Phi) is 6.24. The molecular formula is C26H27ClN2OS. The van der Waals surface area contributed by atoms with Crippen molar-refractivity contribution in [2.45, 2.75) is 31.6 Å². The van der Waals surface area contributed by atoms with Crippen LogP contribution in [0.2, 0.25) is 5.02 Å². The van der Waals surface area contributed by atoms with Crippen LogP contribution in [0.5, 0.6) is 0 Å². The SMILES string of the molecule is [O-][S+](Nc1ccc(Cl)cc1)N1CCCC(C2c3ccccc3CCc3ccccc32)C1. The van der Waals surface area contributed by atoms with E-state index in [9.17, 15) is 4.55 Å². The topological polar surface area (TPSA) is 38.3 Å². The van der Waals surface area contributed by atoms with Crippen LogP contribution in [0.25, 0.3) is 0 Å². The lowest BCUT2D eigenvalue weighted by Crippen LogP contribution is -2.44. The molecule has 1 heterocycles. The van der Waals surface area contributed by atoms with E-state index in [1.54, 1.807) is 0 Å². The summed E-state index contributed by atoms with van der Waals surface area (Å²) in [7, 11) is 0. The first-order valence-corrected chi connectivity index (χ1v) is 12.5. The Morgan fingerprint density at radius 2 is 1.48 bits per heavy atom. The fourth-order valence-corrected chi connectivity index (χ4v) is 6.37. The van der Waals surface area contributed by atoms with Crippen LogP contribution < -0.4 is 4.72 Å². The largest absolute Gasteiger partial charge is 0.573 e. The molecule has 0 bridgehead atoms. The minimum absolute atomic E-state index is 0.352.